The lowest BCUT2D eigenvalue weighted by Gasteiger charge is -2.13. The maximum absolute atomic E-state index is 12.3. The van der Waals surface area contributed by atoms with Crippen LogP contribution >= 0.6 is 0 Å². The smallest absolute Gasteiger partial charge is 0.413 e. The van der Waals surface area contributed by atoms with E-state index in [4.69, 9.17) is 9.15 Å². The van der Waals surface area contributed by atoms with Gasteiger partial charge < -0.3 is 14.5 Å². The van der Waals surface area contributed by atoms with Crippen LogP contribution in [0.3, 0.4) is 0 Å². The third-order valence-electron chi connectivity index (χ3n) is 4.42. The van der Waals surface area contributed by atoms with Crippen molar-refractivity contribution in [3.8, 4) is 17.4 Å². The van der Waals surface area contributed by atoms with Crippen molar-refractivity contribution in [1.82, 2.24) is 25.1 Å². The Hall–Kier alpha value is -3.20. The molecule has 3 aromatic heterocycles. The molecule has 0 spiro atoms. The fourth-order valence-corrected chi connectivity index (χ4v) is 3.15. The van der Waals surface area contributed by atoms with Gasteiger partial charge in [0.05, 0.1) is 5.69 Å². The molecule has 0 aromatic carbocycles. The topological polar surface area (TPSA) is 107 Å². The number of aryl methyl sites for hydroxylation is 3. The van der Waals surface area contributed by atoms with Crippen molar-refractivity contribution in [2.24, 2.45) is 0 Å². The molecule has 2 N–H and O–H groups in total. The van der Waals surface area contributed by atoms with E-state index in [0.29, 0.717) is 29.8 Å². The summed E-state index contributed by atoms with van der Waals surface area (Å²) in [6.45, 7) is 7.20. The van der Waals surface area contributed by atoms with E-state index in [1.54, 1.807) is 16.8 Å². The minimum Gasteiger partial charge on any atom is -0.458 e. The lowest BCUT2D eigenvalue weighted by atomic mass is 10.3. The number of hydrogen-bond donors (Lipinski definition) is 2. The molecule has 0 bridgehead atoms. The van der Waals surface area contributed by atoms with Crippen molar-refractivity contribution < 1.29 is 13.9 Å². The Kier molecular flexibility index (Phi) is 4.82. The number of amides is 1. The number of nitrogens with zero attached hydrogens (tertiary/aromatic N) is 4. The number of carbonyl (C=O) groups is 1. The van der Waals surface area contributed by atoms with Crippen LogP contribution in [0.4, 0.5) is 10.6 Å². The Morgan fingerprint density at radius 1 is 1.29 bits per heavy atom. The van der Waals surface area contributed by atoms with E-state index < -0.39 is 6.09 Å². The van der Waals surface area contributed by atoms with Crippen LogP contribution in [0.5, 0.6) is 0 Å². The van der Waals surface area contributed by atoms with Gasteiger partial charge in [0.2, 0.25) is 0 Å². The highest BCUT2D eigenvalue weighted by atomic mass is 16.6. The van der Waals surface area contributed by atoms with Crippen molar-refractivity contribution in [2.75, 3.05) is 18.4 Å². The zero-order valence-corrected chi connectivity index (χ0v) is 16.0. The highest BCUT2D eigenvalue weighted by Gasteiger charge is 2.20. The molecule has 0 unspecified atom stereocenters. The maximum Gasteiger partial charge on any atom is 0.413 e. The summed E-state index contributed by atoms with van der Waals surface area (Å²) in [5.41, 5.74) is 1.79. The van der Waals surface area contributed by atoms with E-state index in [-0.39, 0.29) is 6.10 Å². The monoisotopic (exact) mass is 382 g/mol. The molecule has 4 heterocycles. The van der Waals surface area contributed by atoms with E-state index in [1.807, 2.05) is 32.9 Å². The largest absolute Gasteiger partial charge is 0.458 e. The van der Waals surface area contributed by atoms with Crippen LogP contribution in [0.1, 0.15) is 23.6 Å². The van der Waals surface area contributed by atoms with Crippen molar-refractivity contribution >= 4 is 11.9 Å². The molecule has 1 fully saturated rings. The maximum atomic E-state index is 12.3. The van der Waals surface area contributed by atoms with Crippen molar-refractivity contribution in [3.05, 3.63) is 41.4 Å². The lowest BCUT2D eigenvalue weighted by Crippen LogP contribution is -2.24. The number of nitrogens with one attached hydrogen (secondary N) is 2. The van der Waals surface area contributed by atoms with Crippen LogP contribution in [0.15, 0.2) is 28.7 Å². The van der Waals surface area contributed by atoms with Gasteiger partial charge in [0.15, 0.2) is 17.4 Å². The summed E-state index contributed by atoms with van der Waals surface area (Å²) in [7, 11) is 0. The molecule has 1 aliphatic rings. The van der Waals surface area contributed by atoms with E-state index in [0.717, 1.165) is 30.1 Å². The molecule has 9 nitrogen and oxygen atoms in total. The molecule has 0 saturated carbocycles. The summed E-state index contributed by atoms with van der Waals surface area (Å²) in [6.07, 6.45) is 0.114. The molecule has 0 aliphatic carbocycles. The molecule has 146 valence electrons. The van der Waals surface area contributed by atoms with E-state index in [9.17, 15) is 4.79 Å². The Morgan fingerprint density at radius 3 is 2.79 bits per heavy atom. The van der Waals surface area contributed by atoms with E-state index >= 15 is 0 Å². The van der Waals surface area contributed by atoms with Crippen molar-refractivity contribution in [2.45, 2.75) is 33.3 Å². The molecule has 3 aromatic rings. The minimum atomic E-state index is -0.548. The second kappa shape index (κ2) is 7.43. The number of aromatic nitrogens is 4. The first-order valence-corrected chi connectivity index (χ1v) is 9.16. The Morgan fingerprint density at radius 2 is 2.14 bits per heavy atom. The van der Waals surface area contributed by atoms with Gasteiger partial charge in [-0.2, -0.15) is 5.10 Å². The molecule has 1 aliphatic heterocycles. The summed E-state index contributed by atoms with van der Waals surface area (Å²) >= 11 is 0. The lowest BCUT2D eigenvalue weighted by molar-refractivity contribution is 0.121. The molecular formula is C19H22N6O3. The van der Waals surface area contributed by atoms with Crippen LogP contribution in [-0.2, 0) is 4.74 Å². The number of ether oxygens (including phenoxy) is 1. The first-order valence-electron chi connectivity index (χ1n) is 9.16. The Balaban J connectivity index is 1.67. The zero-order chi connectivity index (χ0) is 19.7. The summed E-state index contributed by atoms with van der Waals surface area (Å²) in [5.74, 6) is 2.46. The Labute approximate surface area is 162 Å². The average Bonchev–Trinajstić information content (AvgIpc) is 3.37. The second-order valence-electron chi connectivity index (χ2n) is 6.83. The fraction of sp³-hybridized carbons (Fsp3) is 0.368. The van der Waals surface area contributed by atoms with E-state index in [2.05, 4.69) is 25.7 Å². The van der Waals surface area contributed by atoms with Crippen LogP contribution in [0, 0.1) is 20.8 Å². The van der Waals surface area contributed by atoms with Crippen LogP contribution in [0.2, 0.25) is 0 Å². The number of anilines is 1. The minimum absolute atomic E-state index is 0.135. The van der Waals surface area contributed by atoms with Crippen LogP contribution < -0.4 is 10.6 Å². The van der Waals surface area contributed by atoms with Gasteiger partial charge in [0, 0.05) is 18.3 Å². The van der Waals surface area contributed by atoms with Gasteiger partial charge in [-0.1, -0.05) is 0 Å². The molecular weight excluding hydrogens is 360 g/mol. The quantitative estimate of drug-likeness (QED) is 0.714. The SMILES string of the molecule is Cc1cc(C)n(-c2cc(NC(=O)O[C@@H]3CCNC3)nc(-c3ccc(C)o3)n2)n1. The van der Waals surface area contributed by atoms with Gasteiger partial charge in [-0.05, 0) is 51.9 Å². The first kappa shape index (κ1) is 18.2. The van der Waals surface area contributed by atoms with Gasteiger partial charge in [-0.3, -0.25) is 5.32 Å². The molecule has 28 heavy (non-hydrogen) atoms. The third kappa shape index (κ3) is 3.89. The second-order valence-corrected chi connectivity index (χ2v) is 6.83. The summed E-state index contributed by atoms with van der Waals surface area (Å²) in [5, 5.41) is 10.3. The number of rotatable bonds is 4. The normalized spacial score (nSPS) is 16.3. The first-order chi connectivity index (χ1) is 13.5. The predicted octanol–water partition coefficient (Wildman–Crippen LogP) is 2.76. The van der Waals surface area contributed by atoms with Gasteiger partial charge in [0.1, 0.15) is 17.7 Å². The number of hydrogen-bond acceptors (Lipinski definition) is 7. The number of furan rings is 1. The van der Waals surface area contributed by atoms with Gasteiger partial charge in [0.25, 0.3) is 0 Å². The molecule has 1 amide bonds. The summed E-state index contributed by atoms with van der Waals surface area (Å²) < 4.78 is 12.8. The third-order valence-corrected chi connectivity index (χ3v) is 4.42. The predicted molar refractivity (Wildman–Crippen MR) is 102 cm³/mol. The highest BCUT2D eigenvalue weighted by Crippen LogP contribution is 2.23. The summed E-state index contributed by atoms with van der Waals surface area (Å²) in [6, 6.07) is 7.24. The molecule has 9 heteroatoms. The zero-order valence-electron chi connectivity index (χ0n) is 16.0. The van der Waals surface area contributed by atoms with Gasteiger partial charge in [-0.25, -0.2) is 19.4 Å². The fourth-order valence-electron chi connectivity index (χ4n) is 3.15. The summed E-state index contributed by atoms with van der Waals surface area (Å²) in [4.78, 5) is 21.3. The average molecular weight is 382 g/mol. The van der Waals surface area contributed by atoms with Crippen molar-refractivity contribution in [3.63, 3.8) is 0 Å². The molecule has 4 rings (SSSR count). The van der Waals surface area contributed by atoms with E-state index in [1.165, 1.54) is 0 Å². The van der Waals surface area contributed by atoms with Gasteiger partial charge in [-0.15, -0.1) is 0 Å². The molecule has 0 radical (unpaired) electrons. The Bertz CT molecular complexity index is 1000. The number of carbonyl (C=O) groups excluding carboxylic acids is 1. The van der Waals surface area contributed by atoms with Crippen LogP contribution in [-0.4, -0.2) is 45.0 Å². The standard InChI is InChI=1S/C19H22N6O3/c1-11-8-12(2)25(24-11)17-9-16(22-19(26)28-14-6-7-20-10-14)21-18(23-17)15-5-4-13(3)27-15/h4-5,8-9,14,20H,6-7,10H2,1-3H3,(H,21,22,23,26)/t14-/m1/s1. The molecule has 1 saturated heterocycles. The highest BCUT2D eigenvalue weighted by molar-refractivity contribution is 5.84. The van der Waals surface area contributed by atoms with Crippen molar-refractivity contribution in [1.29, 1.82) is 0 Å². The van der Waals surface area contributed by atoms with Gasteiger partial charge >= 0.3 is 6.09 Å². The van der Waals surface area contributed by atoms with Crippen LogP contribution in [0.25, 0.3) is 17.4 Å². The molecule has 1 atom stereocenters.